The van der Waals surface area contributed by atoms with Crippen LogP contribution in [0.2, 0.25) is 0 Å². The van der Waals surface area contributed by atoms with Crippen molar-refractivity contribution in [3.8, 4) is 0 Å². The molecule has 0 atom stereocenters. The van der Waals surface area contributed by atoms with Gasteiger partial charge in [0.15, 0.2) is 0 Å². The van der Waals surface area contributed by atoms with Crippen molar-refractivity contribution in [2.24, 2.45) is 0 Å². The molecule has 1 aromatic carbocycles. The molecule has 0 radical (unpaired) electrons. The SMILES string of the molecule is O=C(O)N1CC2(C1)C(=O)N(C1CCCC1)c1ccccc12. The average Bonchev–Trinajstić information content (AvgIpc) is 3.00. The van der Waals surface area contributed by atoms with E-state index in [-0.39, 0.29) is 11.9 Å². The predicted octanol–water partition coefficient (Wildman–Crippen LogP) is 2.21. The molecule has 21 heavy (non-hydrogen) atoms. The first-order chi connectivity index (χ1) is 10.1. The normalized spacial score (nSPS) is 23.5. The van der Waals surface area contributed by atoms with Crippen molar-refractivity contribution in [2.75, 3.05) is 18.0 Å². The van der Waals surface area contributed by atoms with Gasteiger partial charge in [-0.05, 0) is 24.5 Å². The quantitative estimate of drug-likeness (QED) is 0.861. The summed E-state index contributed by atoms with van der Waals surface area (Å²) < 4.78 is 0. The fourth-order valence-corrected chi connectivity index (χ4v) is 4.11. The summed E-state index contributed by atoms with van der Waals surface area (Å²) in [5.74, 6) is 0.105. The molecule has 2 aliphatic heterocycles. The first kappa shape index (κ1) is 12.7. The second-order valence-corrected chi connectivity index (χ2v) is 6.35. The van der Waals surface area contributed by atoms with E-state index >= 15 is 0 Å². The summed E-state index contributed by atoms with van der Waals surface area (Å²) in [4.78, 5) is 27.4. The maximum absolute atomic E-state index is 13.0. The molecule has 110 valence electrons. The van der Waals surface area contributed by atoms with Crippen molar-refractivity contribution in [1.82, 2.24) is 4.90 Å². The van der Waals surface area contributed by atoms with Crippen LogP contribution in [0.4, 0.5) is 10.5 Å². The molecule has 1 saturated heterocycles. The summed E-state index contributed by atoms with van der Waals surface area (Å²) in [5, 5.41) is 9.09. The topological polar surface area (TPSA) is 60.9 Å². The van der Waals surface area contributed by atoms with Crippen LogP contribution in [-0.2, 0) is 10.2 Å². The van der Waals surface area contributed by atoms with Gasteiger partial charge < -0.3 is 14.9 Å². The molecule has 1 spiro atoms. The molecule has 5 heteroatoms. The van der Waals surface area contributed by atoms with Gasteiger partial charge in [-0.1, -0.05) is 31.0 Å². The average molecular weight is 286 g/mol. The van der Waals surface area contributed by atoms with E-state index in [1.54, 1.807) is 0 Å². The van der Waals surface area contributed by atoms with E-state index < -0.39 is 11.5 Å². The molecular formula is C16H18N2O3. The second kappa shape index (κ2) is 4.23. The van der Waals surface area contributed by atoms with Gasteiger partial charge in [-0.15, -0.1) is 0 Å². The Morgan fingerprint density at radius 1 is 1.19 bits per heavy atom. The highest BCUT2D eigenvalue weighted by Gasteiger charge is 2.60. The van der Waals surface area contributed by atoms with Gasteiger partial charge in [-0.25, -0.2) is 4.79 Å². The number of carbonyl (C=O) groups is 2. The second-order valence-electron chi connectivity index (χ2n) is 6.35. The summed E-state index contributed by atoms with van der Waals surface area (Å²) in [5.41, 5.74) is 1.39. The lowest BCUT2D eigenvalue weighted by Gasteiger charge is -2.45. The van der Waals surface area contributed by atoms with Gasteiger partial charge in [0, 0.05) is 24.8 Å². The largest absolute Gasteiger partial charge is 0.465 e. The molecule has 2 fully saturated rings. The summed E-state index contributed by atoms with van der Waals surface area (Å²) in [6, 6.07) is 8.18. The standard InChI is InChI=1S/C16H18N2O3/c19-14-16(9-17(10-16)15(20)21)12-7-3-4-8-13(12)18(14)11-5-1-2-6-11/h3-4,7-8,11H,1-2,5-6,9-10H2,(H,20,21). The van der Waals surface area contributed by atoms with E-state index in [0.29, 0.717) is 13.1 Å². The number of benzene rings is 1. The van der Waals surface area contributed by atoms with Crippen molar-refractivity contribution in [2.45, 2.75) is 37.1 Å². The molecule has 0 aromatic heterocycles. The summed E-state index contributed by atoms with van der Waals surface area (Å²) in [7, 11) is 0. The van der Waals surface area contributed by atoms with Crippen molar-refractivity contribution >= 4 is 17.7 Å². The van der Waals surface area contributed by atoms with Gasteiger partial charge in [0.25, 0.3) is 0 Å². The van der Waals surface area contributed by atoms with Gasteiger partial charge in [-0.2, -0.15) is 0 Å². The van der Waals surface area contributed by atoms with E-state index in [1.165, 1.54) is 17.7 Å². The van der Waals surface area contributed by atoms with Crippen molar-refractivity contribution in [1.29, 1.82) is 0 Å². The van der Waals surface area contributed by atoms with Gasteiger partial charge in [0.2, 0.25) is 5.91 Å². The van der Waals surface area contributed by atoms with Crippen molar-refractivity contribution < 1.29 is 14.7 Å². The predicted molar refractivity (Wildman–Crippen MR) is 77.5 cm³/mol. The first-order valence-electron chi connectivity index (χ1n) is 7.54. The Kier molecular flexibility index (Phi) is 2.55. The van der Waals surface area contributed by atoms with Crippen LogP contribution in [0.25, 0.3) is 0 Å². The molecule has 0 unspecified atom stereocenters. The van der Waals surface area contributed by atoms with Crippen LogP contribution in [0.5, 0.6) is 0 Å². The van der Waals surface area contributed by atoms with E-state index in [2.05, 4.69) is 0 Å². The number of anilines is 1. The number of carbonyl (C=O) groups excluding carboxylic acids is 1. The molecule has 1 saturated carbocycles. The lowest BCUT2D eigenvalue weighted by atomic mass is 9.75. The number of rotatable bonds is 1. The van der Waals surface area contributed by atoms with E-state index in [9.17, 15) is 9.59 Å². The molecule has 0 bridgehead atoms. The van der Waals surface area contributed by atoms with Crippen LogP contribution in [0, 0.1) is 0 Å². The minimum atomic E-state index is -0.940. The Morgan fingerprint density at radius 3 is 2.52 bits per heavy atom. The highest BCUT2D eigenvalue weighted by atomic mass is 16.4. The zero-order chi connectivity index (χ0) is 14.6. The number of amides is 2. The fraction of sp³-hybridized carbons (Fsp3) is 0.500. The lowest BCUT2D eigenvalue weighted by molar-refractivity contribution is -0.128. The zero-order valence-electron chi connectivity index (χ0n) is 11.8. The van der Waals surface area contributed by atoms with E-state index in [4.69, 9.17) is 5.11 Å². The number of nitrogens with zero attached hydrogens (tertiary/aromatic N) is 2. The Morgan fingerprint density at radius 2 is 1.86 bits per heavy atom. The fourth-order valence-electron chi connectivity index (χ4n) is 4.11. The lowest BCUT2D eigenvalue weighted by Crippen LogP contribution is -2.65. The van der Waals surface area contributed by atoms with Gasteiger partial charge in [-0.3, -0.25) is 4.79 Å². The molecule has 5 nitrogen and oxygen atoms in total. The van der Waals surface area contributed by atoms with Crippen LogP contribution in [0.3, 0.4) is 0 Å². The molecule has 2 amide bonds. The number of hydrogen-bond acceptors (Lipinski definition) is 2. The smallest absolute Gasteiger partial charge is 0.407 e. The van der Waals surface area contributed by atoms with Crippen LogP contribution < -0.4 is 4.90 Å². The molecule has 4 rings (SSSR count). The molecule has 1 aliphatic carbocycles. The molecule has 2 heterocycles. The summed E-state index contributed by atoms with van der Waals surface area (Å²) >= 11 is 0. The van der Waals surface area contributed by atoms with Crippen molar-refractivity contribution in [3.05, 3.63) is 29.8 Å². The molecular weight excluding hydrogens is 268 g/mol. The highest BCUT2D eigenvalue weighted by molar-refractivity contribution is 6.10. The monoisotopic (exact) mass is 286 g/mol. The number of carboxylic acid groups (broad SMARTS) is 1. The third-order valence-corrected chi connectivity index (χ3v) is 5.19. The molecule has 1 N–H and O–H groups in total. The van der Waals surface area contributed by atoms with E-state index in [1.807, 2.05) is 29.2 Å². The van der Waals surface area contributed by atoms with Crippen LogP contribution in [0.15, 0.2) is 24.3 Å². The Labute approximate surface area is 123 Å². The Hall–Kier alpha value is -2.04. The van der Waals surface area contributed by atoms with E-state index in [0.717, 1.165) is 24.1 Å². The molecule has 1 aromatic rings. The van der Waals surface area contributed by atoms with Crippen LogP contribution in [-0.4, -0.2) is 41.1 Å². The zero-order valence-corrected chi connectivity index (χ0v) is 11.8. The maximum atomic E-state index is 13.0. The minimum absolute atomic E-state index is 0.105. The van der Waals surface area contributed by atoms with Crippen molar-refractivity contribution in [3.63, 3.8) is 0 Å². The van der Waals surface area contributed by atoms with Crippen LogP contribution in [0.1, 0.15) is 31.2 Å². The number of hydrogen-bond donors (Lipinski definition) is 1. The Bertz CT molecular complexity index is 616. The van der Waals surface area contributed by atoms with Gasteiger partial charge in [0.05, 0.1) is 0 Å². The Balaban J connectivity index is 1.74. The van der Waals surface area contributed by atoms with Gasteiger partial charge >= 0.3 is 6.09 Å². The number of likely N-dealkylation sites (tertiary alicyclic amines) is 1. The molecule has 3 aliphatic rings. The summed E-state index contributed by atoms with van der Waals surface area (Å²) in [6.07, 6.45) is 3.51. The van der Waals surface area contributed by atoms with Crippen LogP contribution >= 0.6 is 0 Å². The summed E-state index contributed by atoms with van der Waals surface area (Å²) in [6.45, 7) is 0.586. The minimum Gasteiger partial charge on any atom is -0.465 e. The highest BCUT2D eigenvalue weighted by Crippen LogP contribution is 2.49. The third kappa shape index (κ3) is 1.57. The maximum Gasteiger partial charge on any atom is 0.407 e. The van der Waals surface area contributed by atoms with Gasteiger partial charge in [0.1, 0.15) is 5.41 Å². The number of fused-ring (bicyclic) bond motifs is 2. The first-order valence-corrected chi connectivity index (χ1v) is 7.54. The third-order valence-electron chi connectivity index (χ3n) is 5.19. The number of para-hydroxylation sites is 1.